The maximum atomic E-state index is 13.6. The van der Waals surface area contributed by atoms with Crippen molar-refractivity contribution in [2.24, 2.45) is 0 Å². The molecule has 3 aromatic rings. The van der Waals surface area contributed by atoms with E-state index < -0.39 is 0 Å². The van der Waals surface area contributed by atoms with E-state index in [4.69, 9.17) is 4.74 Å². The van der Waals surface area contributed by atoms with Crippen LogP contribution in [0.3, 0.4) is 0 Å². The van der Waals surface area contributed by atoms with Gasteiger partial charge in [-0.05, 0) is 66.9 Å². The van der Waals surface area contributed by atoms with Gasteiger partial charge in [0.05, 0.1) is 7.11 Å². The normalized spacial score (nSPS) is 13.7. The molecule has 1 saturated heterocycles. The molecule has 1 aliphatic heterocycles. The van der Waals surface area contributed by atoms with E-state index in [1.807, 2.05) is 41.3 Å². The summed E-state index contributed by atoms with van der Waals surface area (Å²) in [5.41, 5.74) is 4.30. The minimum atomic E-state index is -0.117. The van der Waals surface area contributed by atoms with Crippen LogP contribution in [-0.2, 0) is 0 Å². The van der Waals surface area contributed by atoms with Crippen LogP contribution in [0.15, 0.2) is 97.1 Å². The number of amides is 2. The van der Waals surface area contributed by atoms with E-state index in [0.717, 1.165) is 62.6 Å². The Balaban J connectivity index is 0.00000420. The Morgan fingerprint density at radius 1 is 0.974 bits per heavy atom. The molecule has 39 heavy (non-hydrogen) atoms. The fourth-order valence-corrected chi connectivity index (χ4v) is 5.01. The number of nitrogens with one attached hydrogen (secondary N) is 2. The molecule has 0 atom stereocenters. The lowest BCUT2D eigenvalue weighted by Gasteiger charge is -2.29. The van der Waals surface area contributed by atoms with E-state index in [0.29, 0.717) is 13.1 Å². The quantitative estimate of drug-likeness (QED) is 0.287. The third-order valence-corrected chi connectivity index (χ3v) is 7.01. The number of nitrogens with zero attached hydrogens (tertiary/aromatic N) is 2. The maximum absolute atomic E-state index is 13.6. The first-order valence-corrected chi connectivity index (χ1v) is 13.5. The highest BCUT2D eigenvalue weighted by molar-refractivity contribution is 5.89. The number of carbonyl (C=O) groups is 1. The topological polar surface area (TPSA) is 56.8 Å². The predicted molar refractivity (Wildman–Crippen MR) is 163 cm³/mol. The molecule has 208 valence electrons. The van der Waals surface area contributed by atoms with E-state index in [9.17, 15) is 4.79 Å². The smallest absolute Gasteiger partial charge is 0.322 e. The van der Waals surface area contributed by atoms with Crippen LogP contribution in [0.25, 0.3) is 0 Å². The zero-order chi connectivity index (χ0) is 26.6. The van der Waals surface area contributed by atoms with Crippen molar-refractivity contribution in [3.8, 4) is 5.75 Å². The summed E-state index contributed by atoms with van der Waals surface area (Å²) >= 11 is 0. The molecule has 0 unspecified atom stereocenters. The molecule has 4 rings (SSSR count). The molecule has 1 heterocycles. The fourth-order valence-electron chi connectivity index (χ4n) is 5.01. The van der Waals surface area contributed by atoms with Crippen molar-refractivity contribution < 1.29 is 9.53 Å². The third-order valence-electron chi connectivity index (χ3n) is 7.01. The molecule has 1 fully saturated rings. The minimum Gasteiger partial charge on any atom is -0.497 e. The van der Waals surface area contributed by atoms with Gasteiger partial charge in [-0.15, -0.1) is 12.4 Å². The van der Waals surface area contributed by atoms with Crippen molar-refractivity contribution in [2.75, 3.05) is 58.2 Å². The number of anilines is 1. The molecule has 0 bridgehead atoms. The number of urea groups is 1. The lowest BCUT2D eigenvalue weighted by atomic mass is 9.88. The van der Waals surface area contributed by atoms with Crippen LogP contribution < -0.4 is 15.4 Å². The predicted octanol–water partition coefficient (Wildman–Crippen LogP) is 6.02. The molecule has 0 aliphatic carbocycles. The Kier molecular flexibility index (Phi) is 12.4. The average Bonchev–Trinajstić information content (AvgIpc) is 3.22. The summed E-state index contributed by atoms with van der Waals surface area (Å²) in [5, 5.41) is 6.54. The molecule has 2 N–H and O–H groups in total. The Morgan fingerprint density at radius 2 is 1.62 bits per heavy atom. The fraction of sp³-hybridized carbons (Fsp3) is 0.344. The molecule has 6 nitrogen and oxygen atoms in total. The summed E-state index contributed by atoms with van der Waals surface area (Å²) in [6, 6.07) is 28.4. The van der Waals surface area contributed by atoms with Gasteiger partial charge in [-0.1, -0.05) is 67.2 Å². The first kappa shape index (κ1) is 30.2. The standard InChI is InChI=1S/C32H40N4O2.ClH/c1-26(24-35-21-9-19-33-20-23-35)25-36(32(37)34-29-14-16-30(38-2)17-15-29)22-18-31(27-10-5-3-6-11-27)28-12-7-4-8-13-28;/h3-8,10-17,31,33H,1,9,18-25H2,2H3,(H,34,37);1H. The molecule has 7 heteroatoms. The average molecular weight is 549 g/mol. The molecular weight excluding hydrogens is 508 g/mol. The molecule has 2 amide bonds. The summed E-state index contributed by atoms with van der Waals surface area (Å²) in [5.74, 6) is 0.951. The zero-order valence-corrected chi connectivity index (χ0v) is 23.7. The second kappa shape index (κ2) is 15.9. The highest BCUT2D eigenvalue weighted by Gasteiger charge is 2.21. The van der Waals surface area contributed by atoms with Gasteiger partial charge < -0.3 is 20.3 Å². The Hall–Kier alpha value is -3.32. The van der Waals surface area contributed by atoms with Gasteiger partial charge in [-0.25, -0.2) is 4.79 Å². The van der Waals surface area contributed by atoms with Crippen LogP contribution in [0.2, 0.25) is 0 Å². The first-order valence-electron chi connectivity index (χ1n) is 13.5. The summed E-state index contributed by atoms with van der Waals surface area (Å²) in [6.45, 7) is 10.4. The number of hydrogen-bond donors (Lipinski definition) is 2. The van der Waals surface area contributed by atoms with E-state index in [1.54, 1.807) is 7.11 Å². The van der Waals surface area contributed by atoms with Crippen molar-refractivity contribution in [2.45, 2.75) is 18.8 Å². The van der Waals surface area contributed by atoms with E-state index >= 15 is 0 Å². The van der Waals surface area contributed by atoms with Crippen molar-refractivity contribution in [3.05, 3.63) is 108 Å². The molecule has 0 saturated carbocycles. The molecular formula is C32H41ClN4O2. The number of benzene rings is 3. The van der Waals surface area contributed by atoms with Gasteiger partial charge in [0.1, 0.15) is 5.75 Å². The van der Waals surface area contributed by atoms with Crippen LogP contribution >= 0.6 is 12.4 Å². The van der Waals surface area contributed by atoms with Gasteiger partial charge in [0.2, 0.25) is 0 Å². The Bertz CT molecular complexity index is 1090. The highest BCUT2D eigenvalue weighted by atomic mass is 35.5. The Labute approximate surface area is 239 Å². The summed E-state index contributed by atoms with van der Waals surface area (Å²) in [4.78, 5) is 17.9. The van der Waals surface area contributed by atoms with Gasteiger partial charge in [0.15, 0.2) is 0 Å². The molecule has 0 aromatic heterocycles. The van der Waals surface area contributed by atoms with Gasteiger partial charge >= 0.3 is 6.03 Å². The first-order chi connectivity index (χ1) is 18.6. The number of halogens is 1. The number of hydrogen-bond acceptors (Lipinski definition) is 4. The van der Waals surface area contributed by atoms with Crippen molar-refractivity contribution in [3.63, 3.8) is 0 Å². The van der Waals surface area contributed by atoms with E-state index in [-0.39, 0.29) is 24.4 Å². The molecule has 0 spiro atoms. The summed E-state index contributed by atoms with van der Waals surface area (Å²) in [6.07, 6.45) is 1.94. The van der Waals surface area contributed by atoms with Gasteiger partial charge in [-0.2, -0.15) is 0 Å². The molecule has 3 aromatic carbocycles. The molecule has 1 aliphatic rings. The van der Waals surface area contributed by atoms with Crippen LogP contribution in [0, 0.1) is 0 Å². The van der Waals surface area contributed by atoms with Crippen molar-refractivity contribution in [1.29, 1.82) is 0 Å². The third kappa shape index (κ3) is 9.43. The second-order valence-corrected chi connectivity index (χ2v) is 9.87. The van der Waals surface area contributed by atoms with E-state index in [1.165, 1.54) is 11.1 Å². The number of carbonyl (C=O) groups excluding carboxylic acids is 1. The number of ether oxygens (including phenoxy) is 1. The Morgan fingerprint density at radius 3 is 2.23 bits per heavy atom. The van der Waals surface area contributed by atoms with Gasteiger partial charge in [-0.3, -0.25) is 4.90 Å². The van der Waals surface area contributed by atoms with E-state index in [2.05, 4.69) is 70.6 Å². The van der Waals surface area contributed by atoms with Crippen LogP contribution in [-0.4, -0.2) is 68.8 Å². The lowest BCUT2D eigenvalue weighted by Crippen LogP contribution is -2.40. The van der Waals surface area contributed by atoms with Gasteiger partial charge in [0, 0.05) is 44.3 Å². The van der Waals surface area contributed by atoms with Crippen molar-refractivity contribution in [1.82, 2.24) is 15.1 Å². The maximum Gasteiger partial charge on any atom is 0.322 e. The minimum absolute atomic E-state index is 0. The largest absolute Gasteiger partial charge is 0.497 e. The zero-order valence-electron chi connectivity index (χ0n) is 22.9. The van der Waals surface area contributed by atoms with Crippen molar-refractivity contribution >= 4 is 24.1 Å². The summed E-state index contributed by atoms with van der Waals surface area (Å²) < 4.78 is 5.26. The number of rotatable bonds is 11. The van der Waals surface area contributed by atoms with Gasteiger partial charge in [0.25, 0.3) is 0 Å². The monoisotopic (exact) mass is 548 g/mol. The SMILES string of the molecule is C=C(CN1CCCNCC1)CN(CCC(c1ccccc1)c1ccccc1)C(=O)Nc1ccc(OC)cc1.Cl. The second-order valence-electron chi connectivity index (χ2n) is 9.87. The summed E-state index contributed by atoms with van der Waals surface area (Å²) in [7, 11) is 1.64. The molecule has 0 radical (unpaired) electrons. The van der Waals surface area contributed by atoms with Crippen LogP contribution in [0.1, 0.15) is 29.9 Å². The van der Waals surface area contributed by atoms with Crippen LogP contribution in [0.4, 0.5) is 10.5 Å². The number of methoxy groups -OCH3 is 1. The van der Waals surface area contributed by atoms with Crippen LogP contribution in [0.5, 0.6) is 5.75 Å². The highest BCUT2D eigenvalue weighted by Crippen LogP contribution is 2.28. The lowest BCUT2D eigenvalue weighted by molar-refractivity contribution is 0.212.